The molecule has 2 heterocycles. The maximum absolute atomic E-state index is 13.0. The normalized spacial score (nSPS) is 17.6. The average molecular weight is 381 g/mol. The molecule has 0 unspecified atom stereocenters. The third-order valence-corrected chi connectivity index (χ3v) is 4.87. The highest BCUT2D eigenvalue weighted by molar-refractivity contribution is 5.95. The van der Waals surface area contributed by atoms with Crippen LogP contribution < -0.4 is 4.74 Å². The number of halogens is 3. The molecule has 0 radical (unpaired) electrons. The van der Waals surface area contributed by atoms with E-state index in [0.717, 1.165) is 25.0 Å². The minimum atomic E-state index is -4.45. The molecule has 0 bridgehead atoms. The van der Waals surface area contributed by atoms with Gasteiger partial charge >= 0.3 is 6.18 Å². The lowest BCUT2D eigenvalue weighted by Gasteiger charge is -2.27. The topological polar surface area (TPSA) is 47.4 Å². The zero-order valence-electron chi connectivity index (χ0n) is 15.5. The molecular weight excluding hydrogens is 359 g/mol. The zero-order valence-corrected chi connectivity index (χ0v) is 15.5. The van der Waals surface area contributed by atoms with E-state index in [2.05, 4.69) is 18.9 Å². The van der Waals surface area contributed by atoms with E-state index < -0.39 is 11.7 Å². The molecule has 2 aromatic rings. The van der Waals surface area contributed by atoms with Gasteiger partial charge in [-0.05, 0) is 37.0 Å². The van der Waals surface area contributed by atoms with Crippen LogP contribution in [0.15, 0.2) is 30.5 Å². The van der Waals surface area contributed by atoms with Crippen molar-refractivity contribution in [3.63, 3.8) is 0 Å². The quantitative estimate of drug-likeness (QED) is 0.799. The van der Waals surface area contributed by atoms with Crippen LogP contribution in [-0.2, 0) is 6.18 Å². The Balaban J connectivity index is 1.96. The van der Waals surface area contributed by atoms with Gasteiger partial charge in [0.15, 0.2) is 11.4 Å². The van der Waals surface area contributed by atoms with Crippen LogP contribution >= 0.6 is 0 Å². The van der Waals surface area contributed by atoms with Gasteiger partial charge in [-0.25, -0.2) is 4.68 Å². The molecule has 5 nitrogen and oxygen atoms in total. The van der Waals surface area contributed by atoms with Gasteiger partial charge in [0.1, 0.15) is 0 Å². The lowest BCUT2D eigenvalue weighted by molar-refractivity contribution is -0.137. The fraction of sp³-hybridized carbons (Fsp3) is 0.474. The number of methoxy groups -OCH3 is 1. The van der Waals surface area contributed by atoms with Gasteiger partial charge in [0, 0.05) is 12.6 Å². The molecule has 1 fully saturated rings. The van der Waals surface area contributed by atoms with Crippen LogP contribution in [0.25, 0.3) is 5.69 Å². The Morgan fingerprint density at radius 3 is 2.70 bits per heavy atom. The summed E-state index contributed by atoms with van der Waals surface area (Å²) in [6.07, 6.45) is -1.17. The number of aromatic nitrogens is 2. The lowest BCUT2D eigenvalue weighted by Crippen LogP contribution is -2.38. The average Bonchev–Trinajstić information content (AvgIpc) is 3.27. The summed E-state index contributed by atoms with van der Waals surface area (Å²) in [4.78, 5) is 14.8. The molecule has 1 saturated heterocycles. The Morgan fingerprint density at radius 1 is 1.33 bits per heavy atom. The third kappa shape index (κ3) is 3.79. The Kier molecular flexibility index (Phi) is 5.17. The standard InChI is InChI=1S/C19H22F3N3O2/c1-12(2)15-8-5-9-24(15)18(26)17-16(27-3)11-25(23-17)14-7-4-6-13(10-14)19(20,21)22/h4,6-7,10-12,15H,5,8-9H2,1-3H3/t15-/m0/s1. The number of likely N-dealkylation sites (tertiary alicyclic amines) is 1. The first kappa shape index (κ1) is 19.3. The molecule has 1 aliphatic heterocycles. The van der Waals surface area contributed by atoms with Crippen molar-refractivity contribution in [2.24, 2.45) is 5.92 Å². The first-order chi connectivity index (χ1) is 12.7. The molecule has 1 atom stereocenters. The number of carbonyl (C=O) groups is 1. The molecule has 0 N–H and O–H groups in total. The van der Waals surface area contributed by atoms with E-state index in [1.807, 2.05) is 0 Å². The van der Waals surface area contributed by atoms with Crippen LogP contribution in [0, 0.1) is 5.92 Å². The van der Waals surface area contributed by atoms with Crippen molar-refractivity contribution in [2.75, 3.05) is 13.7 Å². The van der Waals surface area contributed by atoms with Gasteiger partial charge < -0.3 is 9.64 Å². The minimum Gasteiger partial charge on any atom is -0.493 e. The third-order valence-electron chi connectivity index (χ3n) is 4.87. The highest BCUT2D eigenvalue weighted by atomic mass is 19.4. The van der Waals surface area contributed by atoms with Gasteiger partial charge in [0.05, 0.1) is 24.6 Å². The summed E-state index contributed by atoms with van der Waals surface area (Å²) in [6, 6.07) is 4.92. The second-order valence-electron chi connectivity index (χ2n) is 6.99. The Morgan fingerprint density at radius 2 is 2.07 bits per heavy atom. The smallest absolute Gasteiger partial charge is 0.416 e. The van der Waals surface area contributed by atoms with E-state index in [-0.39, 0.29) is 29.1 Å². The maximum atomic E-state index is 13.0. The van der Waals surface area contributed by atoms with Gasteiger partial charge in [-0.3, -0.25) is 4.79 Å². The van der Waals surface area contributed by atoms with Crippen molar-refractivity contribution in [2.45, 2.75) is 38.9 Å². The van der Waals surface area contributed by atoms with Crippen molar-refractivity contribution in [1.82, 2.24) is 14.7 Å². The van der Waals surface area contributed by atoms with Gasteiger partial charge in [-0.1, -0.05) is 19.9 Å². The van der Waals surface area contributed by atoms with Crippen LogP contribution in [-0.4, -0.2) is 40.3 Å². The van der Waals surface area contributed by atoms with Crippen LogP contribution in [0.5, 0.6) is 5.75 Å². The van der Waals surface area contributed by atoms with Crippen molar-refractivity contribution in [3.8, 4) is 11.4 Å². The van der Waals surface area contributed by atoms with Crippen LogP contribution in [0.3, 0.4) is 0 Å². The number of carbonyl (C=O) groups excluding carboxylic acids is 1. The number of benzene rings is 1. The van der Waals surface area contributed by atoms with E-state index in [4.69, 9.17) is 4.74 Å². The second-order valence-corrected chi connectivity index (χ2v) is 6.99. The van der Waals surface area contributed by atoms with E-state index in [9.17, 15) is 18.0 Å². The number of amides is 1. The fourth-order valence-electron chi connectivity index (χ4n) is 3.49. The number of hydrogen-bond donors (Lipinski definition) is 0. The number of ether oxygens (including phenoxy) is 1. The first-order valence-corrected chi connectivity index (χ1v) is 8.84. The molecule has 8 heteroatoms. The molecule has 0 spiro atoms. The number of nitrogens with zero attached hydrogens (tertiary/aromatic N) is 3. The summed E-state index contributed by atoms with van der Waals surface area (Å²) in [5, 5.41) is 4.25. The summed E-state index contributed by atoms with van der Waals surface area (Å²) in [5.74, 6) is 0.300. The predicted molar refractivity (Wildman–Crippen MR) is 94.0 cm³/mol. The highest BCUT2D eigenvalue weighted by Crippen LogP contribution is 2.32. The molecule has 1 amide bonds. The van der Waals surface area contributed by atoms with Gasteiger partial charge in [-0.15, -0.1) is 0 Å². The van der Waals surface area contributed by atoms with E-state index in [1.54, 1.807) is 4.90 Å². The van der Waals surface area contributed by atoms with Crippen molar-refractivity contribution in [3.05, 3.63) is 41.7 Å². The molecule has 1 aromatic carbocycles. The lowest BCUT2D eigenvalue weighted by atomic mass is 10.0. The summed E-state index contributed by atoms with van der Waals surface area (Å²) in [7, 11) is 1.41. The summed E-state index contributed by atoms with van der Waals surface area (Å²) >= 11 is 0. The molecule has 1 aromatic heterocycles. The molecule has 0 aliphatic carbocycles. The van der Waals surface area contributed by atoms with Crippen molar-refractivity contribution in [1.29, 1.82) is 0 Å². The monoisotopic (exact) mass is 381 g/mol. The molecular formula is C19H22F3N3O2. The maximum Gasteiger partial charge on any atom is 0.416 e. The van der Waals surface area contributed by atoms with E-state index in [1.165, 1.54) is 30.1 Å². The van der Waals surface area contributed by atoms with Crippen LogP contribution in [0.1, 0.15) is 42.7 Å². The van der Waals surface area contributed by atoms with Crippen molar-refractivity contribution >= 4 is 5.91 Å². The highest BCUT2D eigenvalue weighted by Gasteiger charge is 2.34. The predicted octanol–water partition coefficient (Wildman–Crippen LogP) is 4.16. The number of hydrogen-bond acceptors (Lipinski definition) is 3. The molecule has 27 heavy (non-hydrogen) atoms. The summed E-state index contributed by atoms with van der Waals surface area (Å²) < 4.78 is 45.4. The SMILES string of the molecule is COc1cn(-c2cccc(C(F)(F)F)c2)nc1C(=O)N1CCC[C@H]1C(C)C. The van der Waals surface area contributed by atoms with E-state index >= 15 is 0 Å². The molecule has 1 aliphatic rings. The van der Waals surface area contributed by atoms with Crippen LogP contribution in [0.2, 0.25) is 0 Å². The first-order valence-electron chi connectivity index (χ1n) is 8.84. The summed E-state index contributed by atoms with van der Waals surface area (Å²) in [6.45, 7) is 4.77. The fourth-order valence-corrected chi connectivity index (χ4v) is 3.49. The number of alkyl halides is 3. The van der Waals surface area contributed by atoms with Gasteiger partial charge in [-0.2, -0.15) is 18.3 Å². The van der Waals surface area contributed by atoms with Crippen molar-refractivity contribution < 1.29 is 22.7 Å². The van der Waals surface area contributed by atoms with Crippen LogP contribution in [0.4, 0.5) is 13.2 Å². The number of rotatable bonds is 4. The van der Waals surface area contributed by atoms with Gasteiger partial charge in [0.25, 0.3) is 5.91 Å². The second kappa shape index (κ2) is 7.25. The Labute approximate surface area is 155 Å². The molecule has 0 saturated carbocycles. The minimum absolute atomic E-state index is 0.113. The Hall–Kier alpha value is -2.51. The molecule has 3 rings (SSSR count). The van der Waals surface area contributed by atoms with Gasteiger partial charge in [0.2, 0.25) is 0 Å². The zero-order chi connectivity index (χ0) is 19.8. The summed E-state index contributed by atoms with van der Waals surface area (Å²) in [5.41, 5.74) is -0.451. The Bertz CT molecular complexity index is 830. The molecule has 146 valence electrons. The van der Waals surface area contributed by atoms with E-state index in [0.29, 0.717) is 12.5 Å². The largest absolute Gasteiger partial charge is 0.493 e.